The molecule has 2 bridgehead atoms. The Balaban J connectivity index is 2.06. The first-order valence-corrected chi connectivity index (χ1v) is 19.5. The van der Waals surface area contributed by atoms with Crippen LogP contribution in [0.15, 0.2) is 0 Å². The molecule has 0 spiro atoms. The highest BCUT2D eigenvalue weighted by Gasteiger charge is 2.58. The van der Waals surface area contributed by atoms with E-state index in [0.29, 0.717) is 31.0 Å². The monoisotopic (exact) mass is 751 g/mol. The van der Waals surface area contributed by atoms with E-state index in [9.17, 15) is 29.5 Å². The van der Waals surface area contributed by atoms with E-state index in [1.54, 1.807) is 69.4 Å². The van der Waals surface area contributed by atoms with E-state index < -0.39 is 56.6 Å². The summed E-state index contributed by atoms with van der Waals surface area (Å²) < 4.78 is 28.6. The van der Waals surface area contributed by atoms with E-state index in [-0.39, 0.29) is 56.7 Å². The average Bonchev–Trinajstić information content (AvgIpc) is 3.76. The molecule has 0 aromatic heterocycles. The Morgan fingerprint density at radius 3 is 1.88 bits per heavy atom. The number of nitrogens with zero attached hydrogens (tertiary/aromatic N) is 1. The van der Waals surface area contributed by atoms with Crippen LogP contribution in [-0.2, 0) is 42.9 Å². The lowest BCUT2D eigenvalue weighted by Gasteiger charge is -2.44. The van der Waals surface area contributed by atoms with Gasteiger partial charge in [0.2, 0.25) is 0 Å². The van der Waals surface area contributed by atoms with Gasteiger partial charge in [0, 0.05) is 12.9 Å². The number of carbonyl (C=O) groups is 4. The molecule has 9 unspecified atom stereocenters. The number of carboxylic acids is 1. The van der Waals surface area contributed by atoms with E-state index in [4.69, 9.17) is 23.7 Å². The van der Waals surface area contributed by atoms with Gasteiger partial charge in [-0.05, 0) is 137 Å². The molecular formula is C40H65NO10S. The van der Waals surface area contributed by atoms with Crippen molar-refractivity contribution in [2.45, 2.75) is 132 Å². The molecular weight excluding hydrogens is 687 g/mol. The SMILES string of the molecule is COCCOCCOC(=O)C(C)(CC(C)(CC(C)(CC(C)(C)C#N)C(=O)O)C(=O)OC1CC2CC1C1CCCC21)CC(C)(CS)C(=O)OC(C)(C)C. The van der Waals surface area contributed by atoms with Gasteiger partial charge in [-0.1, -0.05) is 6.42 Å². The molecule has 12 heteroatoms. The lowest BCUT2D eigenvalue weighted by Crippen LogP contribution is -2.49. The van der Waals surface area contributed by atoms with E-state index in [0.717, 1.165) is 19.3 Å². The third kappa shape index (κ3) is 10.7. The summed E-state index contributed by atoms with van der Waals surface area (Å²) in [5, 5.41) is 20.6. The fraction of sp³-hybridized carbons (Fsp3) is 0.875. The second-order valence-corrected chi connectivity index (χ2v) is 19.1. The lowest BCUT2D eigenvalue weighted by atomic mass is 9.60. The normalized spacial score (nSPS) is 27.2. The second-order valence-electron chi connectivity index (χ2n) is 18.7. The minimum Gasteiger partial charge on any atom is -0.481 e. The Morgan fingerprint density at radius 2 is 1.31 bits per heavy atom. The third-order valence-electron chi connectivity index (χ3n) is 11.7. The van der Waals surface area contributed by atoms with Gasteiger partial charge in [0.1, 0.15) is 18.3 Å². The number of esters is 3. The standard InChI is InChI=1S/C40H65NO10S/c1-35(2,3)51-34(46)40(9,25-52)23-38(7,32(44)49-17-16-48-15-14-47-10)22-39(8,21-37(6,31(42)43)20-36(4,5)24-41)33(45)50-30-19-26-18-29(30)28-13-11-12-27(26)28/h26-30,52H,11-23,25H2,1-10H3,(H,42,43). The Bertz CT molecular complexity index is 1340. The van der Waals surface area contributed by atoms with Gasteiger partial charge < -0.3 is 28.8 Å². The van der Waals surface area contributed by atoms with Crippen molar-refractivity contribution in [3.05, 3.63) is 0 Å². The van der Waals surface area contributed by atoms with Gasteiger partial charge in [0.05, 0.1) is 53.0 Å². The Kier molecular flexibility index (Phi) is 14.4. The van der Waals surface area contributed by atoms with Crippen LogP contribution in [-0.4, -0.2) is 80.0 Å². The maximum absolute atomic E-state index is 14.8. The smallest absolute Gasteiger partial charge is 0.313 e. The molecule has 3 rings (SSSR count). The van der Waals surface area contributed by atoms with Crippen LogP contribution in [0.4, 0.5) is 0 Å². The van der Waals surface area contributed by atoms with E-state index in [1.807, 2.05) is 0 Å². The number of thiol groups is 1. The van der Waals surface area contributed by atoms with Gasteiger partial charge >= 0.3 is 23.9 Å². The van der Waals surface area contributed by atoms with Crippen molar-refractivity contribution in [2.75, 3.05) is 39.3 Å². The first-order valence-electron chi connectivity index (χ1n) is 18.9. The number of rotatable bonds is 20. The molecule has 0 aromatic carbocycles. The van der Waals surface area contributed by atoms with Gasteiger partial charge in [-0.25, -0.2) is 0 Å². The molecule has 0 aromatic rings. The summed E-state index contributed by atoms with van der Waals surface area (Å²) in [7, 11) is 1.55. The van der Waals surface area contributed by atoms with Crippen molar-refractivity contribution in [3.63, 3.8) is 0 Å². The number of nitriles is 1. The Morgan fingerprint density at radius 1 is 0.731 bits per heavy atom. The van der Waals surface area contributed by atoms with E-state index >= 15 is 0 Å². The largest absolute Gasteiger partial charge is 0.481 e. The summed E-state index contributed by atoms with van der Waals surface area (Å²) in [5.41, 5.74) is -7.71. The fourth-order valence-corrected chi connectivity index (χ4v) is 10.1. The highest BCUT2D eigenvalue weighted by atomic mass is 32.1. The molecule has 0 radical (unpaired) electrons. The molecule has 3 aliphatic carbocycles. The number of carboxylic acid groups (broad SMARTS) is 1. The summed E-state index contributed by atoms with van der Waals surface area (Å²) >= 11 is 4.54. The number of methoxy groups -OCH3 is 1. The fourth-order valence-electron chi connectivity index (χ4n) is 9.85. The molecule has 9 atom stereocenters. The maximum atomic E-state index is 14.8. The van der Waals surface area contributed by atoms with Gasteiger partial charge in [-0.15, -0.1) is 0 Å². The van der Waals surface area contributed by atoms with Crippen LogP contribution in [0.2, 0.25) is 0 Å². The van der Waals surface area contributed by atoms with Crippen molar-refractivity contribution in [1.82, 2.24) is 0 Å². The molecule has 296 valence electrons. The van der Waals surface area contributed by atoms with Crippen molar-refractivity contribution in [2.24, 2.45) is 50.7 Å². The zero-order valence-electron chi connectivity index (χ0n) is 33.3. The van der Waals surface area contributed by atoms with E-state index in [2.05, 4.69) is 18.7 Å². The summed E-state index contributed by atoms with van der Waals surface area (Å²) in [6, 6.07) is 2.21. The second kappa shape index (κ2) is 17.0. The molecule has 0 aliphatic heterocycles. The van der Waals surface area contributed by atoms with Crippen molar-refractivity contribution in [1.29, 1.82) is 5.26 Å². The van der Waals surface area contributed by atoms with Crippen molar-refractivity contribution >= 4 is 36.5 Å². The van der Waals surface area contributed by atoms with Crippen LogP contribution >= 0.6 is 12.6 Å². The minimum absolute atomic E-state index is 0.0307. The topological polar surface area (TPSA) is 158 Å². The predicted octanol–water partition coefficient (Wildman–Crippen LogP) is 7.05. The number of hydrogen-bond donors (Lipinski definition) is 2. The Labute approximate surface area is 317 Å². The van der Waals surface area contributed by atoms with E-state index in [1.165, 1.54) is 12.8 Å². The molecule has 1 N–H and O–H groups in total. The van der Waals surface area contributed by atoms with Crippen molar-refractivity contribution in [3.8, 4) is 6.07 Å². The quantitative estimate of drug-likeness (QED) is 0.0568. The van der Waals surface area contributed by atoms with Crippen LogP contribution in [0.25, 0.3) is 0 Å². The highest BCUT2D eigenvalue weighted by Crippen LogP contribution is 2.60. The number of carbonyl (C=O) groups excluding carboxylic acids is 3. The van der Waals surface area contributed by atoms with Crippen LogP contribution in [0.1, 0.15) is 120 Å². The highest BCUT2D eigenvalue weighted by molar-refractivity contribution is 7.80. The van der Waals surface area contributed by atoms with Gasteiger partial charge in [0.15, 0.2) is 0 Å². The molecule has 52 heavy (non-hydrogen) atoms. The maximum Gasteiger partial charge on any atom is 0.313 e. The molecule has 0 saturated heterocycles. The van der Waals surface area contributed by atoms with Gasteiger partial charge in [0.25, 0.3) is 0 Å². The molecule has 11 nitrogen and oxygen atoms in total. The zero-order valence-corrected chi connectivity index (χ0v) is 34.2. The van der Waals surface area contributed by atoms with Gasteiger partial charge in [-0.2, -0.15) is 17.9 Å². The molecule has 3 aliphatic rings. The lowest BCUT2D eigenvalue weighted by molar-refractivity contribution is -0.178. The third-order valence-corrected chi connectivity index (χ3v) is 12.4. The number of aliphatic carboxylic acids is 1. The van der Waals surface area contributed by atoms with Crippen LogP contribution < -0.4 is 0 Å². The number of ether oxygens (including phenoxy) is 5. The number of fused-ring (bicyclic) bond motifs is 5. The minimum atomic E-state index is -1.55. The summed E-state index contributed by atoms with van der Waals surface area (Å²) in [4.78, 5) is 55.9. The zero-order chi connectivity index (χ0) is 39.3. The predicted molar refractivity (Wildman–Crippen MR) is 198 cm³/mol. The average molecular weight is 752 g/mol. The molecule has 0 heterocycles. The first kappa shape index (κ1) is 44.0. The summed E-state index contributed by atoms with van der Waals surface area (Å²) in [6.45, 7) is 15.8. The molecule has 3 fully saturated rings. The van der Waals surface area contributed by atoms with Crippen LogP contribution in [0.3, 0.4) is 0 Å². The first-order chi connectivity index (χ1) is 24.0. The van der Waals surface area contributed by atoms with Crippen molar-refractivity contribution < 1.29 is 48.0 Å². The summed E-state index contributed by atoms with van der Waals surface area (Å²) in [5.74, 6) is -0.937. The van der Waals surface area contributed by atoms with Gasteiger partial charge in [-0.3, -0.25) is 19.2 Å². The van der Waals surface area contributed by atoms with Crippen LogP contribution in [0, 0.1) is 62.1 Å². The number of hydrogen-bond acceptors (Lipinski definition) is 11. The van der Waals surface area contributed by atoms with Crippen LogP contribution in [0.5, 0.6) is 0 Å². The summed E-state index contributed by atoms with van der Waals surface area (Å²) in [6.07, 6.45) is 4.52. The molecule has 3 saturated carbocycles. The Hall–Kier alpha value is -2.36. The molecule has 0 amide bonds.